The Morgan fingerprint density at radius 2 is 1.88 bits per heavy atom. The van der Waals surface area contributed by atoms with Gasteiger partial charge in [-0.15, -0.1) is 0 Å². The third-order valence-electron chi connectivity index (χ3n) is 6.42. The molecule has 0 atom stereocenters. The third kappa shape index (κ3) is 5.19. The van der Waals surface area contributed by atoms with Crippen LogP contribution in [0.2, 0.25) is 0 Å². The Bertz CT molecular complexity index is 1060. The van der Waals surface area contributed by atoms with Crippen molar-refractivity contribution < 1.29 is 19.4 Å². The quantitative estimate of drug-likeness (QED) is 0.420. The summed E-state index contributed by atoms with van der Waals surface area (Å²) in [4.78, 5) is 20.3. The van der Waals surface area contributed by atoms with E-state index in [0.717, 1.165) is 37.2 Å². The van der Waals surface area contributed by atoms with Gasteiger partial charge in [0.25, 0.3) is 5.91 Å². The number of nitrogens with one attached hydrogen (secondary N) is 2. The van der Waals surface area contributed by atoms with Crippen LogP contribution in [0, 0.1) is 12.7 Å². The minimum atomic E-state index is -0.354. The Hall–Kier alpha value is -2.94. The number of nitrogens with zero attached hydrogens (tertiary/aromatic N) is 2. The predicted molar refractivity (Wildman–Crippen MR) is 128 cm³/mol. The lowest BCUT2D eigenvalue weighted by Gasteiger charge is -2.39. The highest BCUT2D eigenvalue weighted by molar-refractivity contribution is 6.06. The number of rotatable bonds is 8. The molecule has 1 saturated heterocycles. The van der Waals surface area contributed by atoms with Crippen LogP contribution in [-0.4, -0.2) is 71.4 Å². The highest BCUT2D eigenvalue weighted by atomic mass is 19.1. The third-order valence-corrected chi connectivity index (χ3v) is 6.42. The van der Waals surface area contributed by atoms with E-state index in [0.29, 0.717) is 41.4 Å². The number of benzene rings is 2. The summed E-state index contributed by atoms with van der Waals surface area (Å²) in [5, 5.41) is 21.9. The van der Waals surface area contributed by atoms with Gasteiger partial charge in [-0.25, -0.2) is 4.39 Å². The van der Waals surface area contributed by atoms with Crippen LogP contribution >= 0.6 is 0 Å². The van der Waals surface area contributed by atoms with Crippen LogP contribution < -0.4 is 10.2 Å². The van der Waals surface area contributed by atoms with Crippen LogP contribution in [0.15, 0.2) is 42.5 Å². The fourth-order valence-corrected chi connectivity index (χ4v) is 4.65. The number of aryl methyl sites for hydroxylation is 1. The molecular weight excluding hydrogens is 423 g/mol. The number of aromatic amines is 1. The maximum Gasteiger partial charge on any atom is 0.272 e. The Balaban J connectivity index is 1.42. The fourth-order valence-electron chi connectivity index (χ4n) is 4.65. The van der Waals surface area contributed by atoms with Crippen molar-refractivity contribution in [3.05, 3.63) is 59.5 Å². The van der Waals surface area contributed by atoms with E-state index in [9.17, 15) is 19.4 Å². The maximum absolute atomic E-state index is 14.1. The van der Waals surface area contributed by atoms with Crippen molar-refractivity contribution in [2.24, 2.45) is 0 Å². The van der Waals surface area contributed by atoms with Gasteiger partial charge in [0.1, 0.15) is 11.5 Å². The number of hydrogen-bond acceptors (Lipinski definition) is 5. The summed E-state index contributed by atoms with van der Waals surface area (Å²) in [6, 6.07) is 12.7. The van der Waals surface area contributed by atoms with Crippen molar-refractivity contribution in [2.75, 3.05) is 49.6 Å². The smallest absolute Gasteiger partial charge is 0.272 e. The van der Waals surface area contributed by atoms with Gasteiger partial charge in [-0.2, -0.15) is 0 Å². The molecule has 0 bridgehead atoms. The molecule has 2 aromatic carbocycles. The highest BCUT2D eigenvalue weighted by Gasteiger charge is 2.24. The maximum atomic E-state index is 14.1. The molecule has 4 rings (SSSR count). The number of amides is 1. The molecule has 3 aromatic rings. The van der Waals surface area contributed by atoms with Crippen LogP contribution in [0.25, 0.3) is 10.9 Å². The van der Waals surface area contributed by atoms with Gasteiger partial charge in [-0.1, -0.05) is 12.1 Å². The summed E-state index contributed by atoms with van der Waals surface area (Å²) in [5.41, 5.74) is 3.54. The number of aromatic nitrogens is 1. The first kappa shape index (κ1) is 23.2. The van der Waals surface area contributed by atoms with Gasteiger partial charge in [-0.05, 0) is 55.7 Å². The van der Waals surface area contributed by atoms with E-state index in [1.807, 2.05) is 31.2 Å². The highest BCUT2D eigenvalue weighted by Crippen LogP contribution is 2.26. The van der Waals surface area contributed by atoms with Crippen molar-refractivity contribution in [2.45, 2.75) is 25.8 Å². The Morgan fingerprint density at radius 1 is 1.15 bits per heavy atom. The minimum absolute atomic E-state index is 0.0878. The van der Waals surface area contributed by atoms with E-state index >= 15 is 0 Å². The Labute approximate surface area is 192 Å². The monoisotopic (exact) mass is 454 g/mol. The lowest BCUT2D eigenvalue weighted by molar-refractivity contribution is 0.102. The standard InChI is InChI=1S/C25H31FN4O3/c1-17-5-6-22(26)21-16-23(28-24(17)21)25(33)27-18-3-2-4-20(15-18)29-9-7-19(8-10-29)30(11-13-31)12-14-32/h2-6,15-16,19,28,31-32H,7-14H2,1H3,(H,27,33). The molecule has 8 heteroatoms. The molecule has 1 amide bonds. The summed E-state index contributed by atoms with van der Waals surface area (Å²) in [6.07, 6.45) is 1.88. The molecule has 1 aliphatic rings. The van der Waals surface area contributed by atoms with Crippen molar-refractivity contribution >= 4 is 28.2 Å². The van der Waals surface area contributed by atoms with Crippen molar-refractivity contribution in [3.8, 4) is 0 Å². The van der Waals surface area contributed by atoms with Crippen molar-refractivity contribution in [3.63, 3.8) is 0 Å². The van der Waals surface area contributed by atoms with Gasteiger partial charge in [0, 0.05) is 49.0 Å². The van der Waals surface area contributed by atoms with Gasteiger partial charge < -0.3 is 25.4 Å². The zero-order chi connectivity index (χ0) is 23.4. The van der Waals surface area contributed by atoms with E-state index in [1.54, 1.807) is 12.1 Å². The average Bonchev–Trinajstić information content (AvgIpc) is 3.29. The van der Waals surface area contributed by atoms with Crippen LogP contribution in [0.1, 0.15) is 28.9 Å². The van der Waals surface area contributed by atoms with Crippen LogP contribution in [0.4, 0.5) is 15.8 Å². The largest absolute Gasteiger partial charge is 0.395 e. The van der Waals surface area contributed by atoms with Crippen molar-refractivity contribution in [1.29, 1.82) is 0 Å². The molecule has 33 heavy (non-hydrogen) atoms. The molecule has 7 nitrogen and oxygen atoms in total. The van der Waals surface area contributed by atoms with Crippen LogP contribution in [-0.2, 0) is 0 Å². The molecule has 1 aromatic heterocycles. The van der Waals surface area contributed by atoms with Crippen molar-refractivity contribution in [1.82, 2.24) is 9.88 Å². The van der Waals surface area contributed by atoms with Gasteiger partial charge in [0.2, 0.25) is 0 Å². The van der Waals surface area contributed by atoms with Gasteiger partial charge in [0.15, 0.2) is 0 Å². The minimum Gasteiger partial charge on any atom is -0.395 e. The average molecular weight is 455 g/mol. The lowest BCUT2D eigenvalue weighted by atomic mass is 10.0. The van der Waals surface area contributed by atoms with Crippen LogP contribution in [0.5, 0.6) is 0 Å². The predicted octanol–water partition coefficient (Wildman–Crippen LogP) is 3.12. The molecule has 1 aliphatic heterocycles. The van der Waals surface area contributed by atoms with E-state index < -0.39 is 0 Å². The number of aliphatic hydroxyl groups excluding tert-OH is 2. The van der Waals surface area contributed by atoms with E-state index in [-0.39, 0.29) is 24.9 Å². The number of carbonyl (C=O) groups excluding carboxylic acids is 1. The zero-order valence-corrected chi connectivity index (χ0v) is 18.9. The number of halogens is 1. The van der Waals surface area contributed by atoms with Gasteiger partial charge >= 0.3 is 0 Å². The first-order chi connectivity index (χ1) is 16.0. The molecule has 0 radical (unpaired) electrons. The van der Waals surface area contributed by atoms with E-state index in [4.69, 9.17) is 0 Å². The molecule has 0 spiro atoms. The molecule has 4 N–H and O–H groups in total. The normalized spacial score (nSPS) is 14.9. The zero-order valence-electron chi connectivity index (χ0n) is 18.9. The summed E-state index contributed by atoms with van der Waals surface area (Å²) >= 11 is 0. The molecule has 2 heterocycles. The van der Waals surface area contributed by atoms with Crippen LogP contribution in [0.3, 0.4) is 0 Å². The number of piperidine rings is 1. The number of anilines is 2. The second kappa shape index (κ2) is 10.3. The Kier molecular flexibility index (Phi) is 7.27. The fraction of sp³-hybridized carbons (Fsp3) is 0.400. The second-order valence-corrected chi connectivity index (χ2v) is 8.54. The summed E-state index contributed by atoms with van der Waals surface area (Å²) in [6.45, 7) is 4.91. The second-order valence-electron chi connectivity index (χ2n) is 8.54. The summed E-state index contributed by atoms with van der Waals surface area (Å²) in [5.74, 6) is -0.669. The lowest BCUT2D eigenvalue weighted by Crippen LogP contribution is -2.46. The van der Waals surface area contributed by atoms with E-state index in [1.165, 1.54) is 6.07 Å². The summed E-state index contributed by atoms with van der Waals surface area (Å²) < 4.78 is 14.1. The number of fused-ring (bicyclic) bond motifs is 1. The first-order valence-corrected chi connectivity index (χ1v) is 11.4. The molecule has 0 aliphatic carbocycles. The number of H-pyrrole nitrogens is 1. The number of aliphatic hydroxyl groups is 2. The summed E-state index contributed by atoms with van der Waals surface area (Å²) in [7, 11) is 0. The molecule has 0 unspecified atom stereocenters. The van der Waals surface area contributed by atoms with E-state index in [2.05, 4.69) is 20.1 Å². The van der Waals surface area contributed by atoms with Gasteiger partial charge in [0.05, 0.1) is 18.7 Å². The number of carbonyl (C=O) groups is 1. The molecule has 0 saturated carbocycles. The molecule has 1 fully saturated rings. The topological polar surface area (TPSA) is 91.8 Å². The Morgan fingerprint density at radius 3 is 2.55 bits per heavy atom. The molecular formula is C25H31FN4O3. The molecule has 176 valence electrons. The van der Waals surface area contributed by atoms with Gasteiger partial charge in [-0.3, -0.25) is 9.69 Å². The first-order valence-electron chi connectivity index (χ1n) is 11.4. The SMILES string of the molecule is Cc1ccc(F)c2cc(C(=O)Nc3cccc(N4CCC(N(CCO)CCO)CC4)c3)[nH]c12. The number of hydrogen-bond donors (Lipinski definition) is 4.